The predicted molar refractivity (Wildman–Crippen MR) is 180 cm³/mol. The Kier molecular flexibility index (Phi) is 8.69. The van der Waals surface area contributed by atoms with Gasteiger partial charge in [0.2, 0.25) is 0 Å². The number of benzene rings is 2. The lowest BCUT2D eigenvalue weighted by atomic mass is 9.52. The molecule has 4 aliphatic carbocycles. The third-order valence-corrected chi connectivity index (χ3v) is 12.4. The number of nitrogens with one attached hydrogen (secondary N) is 1. The third kappa shape index (κ3) is 6.27. The summed E-state index contributed by atoms with van der Waals surface area (Å²) in [6, 6.07) is 19.4. The van der Waals surface area contributed by atoms with Crippen LogP contribution in [0, 0.1) is 28.6 Å². The Bertz CT molecular complexity index is 1340. The molecule has 3 saturated carbocycles. The van der Waals surface area contributed by atoms with E-state index < -0.39 is 12.0 Å². The fourth-order valence-corrected chi connectivity index (χ4v) is 9.88. The topological polar surface area (TPSA) is 71.0 Å². The van der Waals surface area contributed by atoms with Gasteiger partial charge in [-0.25, -0.2) is 0 Å². The average Bonchev–Trinajstić information content (AvgIpc) is 3.34. The van der Waals surface area contributed by atoms with Crippen LogP contribution in [0.15, 0.2) is 65.7 Å². The zero-order valence-corrected chi connectivity index (χ0v) is 27.8. The van der Waals surface area contributed by atoms with E-state index in [1.165, 1.54) is 24.0 Å². The smallest absolute Gasteiger partial charge is 0.169 e. The van der Waals surface area contributed by atoms with Crippen LogP contribution >= 0.6 is 0 Å². The Morgan fingerprint density at radius 3 is 2.40 bits per heavy atom. The van der Waals surface area contributed by atoms with Gasteiger partial charge in [-0.1, -0.05) is 74.4 Å². The van der Waals surface area contributed by atoms with Gasteiger partial charge in [0.05, 0.1) is 19.3 Å². The van der Waals surface area contributed by atoms with Crippen LogP contribution in [0.4, 0.5) is 5.69 Å². The molecule has 1 saturated heterocycles. The maximum absolute atomic E-state index is 11.3. The molecule has 5 aliphatic rings. The summed E-state index contributed by atoms with van der Waals surface area (Å²) in [5.41, 5.74) is 7.31. The van der Waals surface area contributed by atoms with Gasteiger partial charge in [-0.3, -0.25) is 0 Å². The number of hydrogen-bond acceptors (Lipinski definition) is 5. The number of ether oxygens (including phenoxy) is 2. The van der Waals surface area contributed by atoms with E-state index in [-0.39, 0.29) is 16.9 Å². The van der Waals surface area contributed by atoms with Gasteiger partial charge in [-0.2, -0.15) is 0 Å². The number of aliphatic hydroxyl groups excluding tert-OH is 2. The maximum atomic E-state index is 11.3. The SMILES string of the molecule is CC1(C)COC2(CCC3=C4C(c5ccc(CCCCC(O)Nc6ccccc6)cc5)CC5(C)C(O)CCC5C4CCC3C2)OC1. The van der Waals surface area contributed by atoms with Gasteiger partial charge in [0.15, 0.2) is 5.79 Å². The Hall–Kier alpha value is -2.18. The predicted octanol–water partition coefficient (Wildman–Crippen LogP) is 8.37. The van der Waals surface area contributed by atoms with Crippen LogP contribution in [-0.4, -0.2) is 41.5 Å². The first kappa shape index (κ1) is 31.4. The number of aliphatic hydroxyl groups is 2. The number of fused-ring (bicyclic) bond motifs is 4. The van der Waals surface area contributed by atoms with E-state index in [2.05, 4.69) is 50.4 Å². The summed E-state index contributed by atoms with van der Waals surface area (Å²) in [5.74, 6) is 1.73. The highest BCUT2D eigenvalue weighted by Gasteiger charge is 2.57. The van der Waals surface area contributed by atoms with Crippen molar-refractivity contribution in [1.29, 1.82) is 0 Å². The van der Waals surface area contributed by atoms with Crippen LogP contribution in [0.3, 0.4) is 0 Å². The summed E-state index contributed by atoms with van der Waals surface area (Å²) < 4.78 is 13.0. The van der Waals surface area contributed by atoms with E-state index >= 15 is 0 Å². The van der Waals surface area contributed by atoms with Crippen molar-refractivity contribution in [3.8, 4) is 0 Å². The second-order valence-corrected chi connectivity index (χ2v) is 16.2. The molecule has 0 aromatic heterocycles. The van der Waals surface area contributed by atoms with Crippen molar-refractivity contribution in [2.45, 2.75) is 122 Å². The molecule has 2 aromatic rings. The van der Waals surface area contributed by atoms with Crippen LogP contribution in [0.2, 0.25) is 0 Å². The van der Waals surface area contributed by atoms with Crippen LogP contribution in [0.5, 0.6) is 0 Å². The molecule has 7 rings (SSSR count). The largest absolute Gasteiger partial charge is 0.393 e. The van der Waals surface area contributed by atoms with E-state index in [1.807, 2.05) is 30.3 Å². The highest BCUT2D eigenvalue weighted by atomic mass is 16.7. The van der Waals surface area contributed by atoms with Crippen molar-refractivity contribution < 1.29 is 19.7 Å². The molecule has 2 aromatic carbocycles. The number of para-hydroxylation sites is 1. The highest BCUT2D eigenvalue weighted by Crippen LogP contribution is 2.65. The fourth-order valence-electron chi connectivity index (χ4n) is 9.88. The molecular formula is C40H55NO4. The Morgan fingerprint density at radius 2 is 1.64 bits per heavy atom. The van der Waals surface area contributed by atoms with Gasteiger partial charge in [0, 0.05) is 29.9 Å². The van der Waals surface area contributed by atoms with E-state index in [1.54, 1.807) is 11.1 Å². The van der Waals surface area contributed by atoms with E-state index in [9.17, 15) is 10.2 Å². The van der Waals surface area contributed by atoms with E-state index in [0.29, 0.717) is 23.7 Å². The molecule has 1 spiro atoms. The number of allylic oxidation sites excluding steroid dienone is 2. The first-order valence-corrected chi connectivity index (χ1v) is 17.9. The van der Waals surface area contributed by atoms with Crippen LogP contribution in [-0.2, 0) is 15.9 Å². The zero-order valence-electron chi connectivity index (χ0n) is 27.8. The lowest BCUT2D eigenvalue weighted by Crippen LogP contribution is -2.52. The minimum atomic E-state index is -0.517. The molecule has 5 heteroatoms. The second kappa shape index (κ2) is 12.4. The molecule has 1 heterocycles. The Labute approximate surface area is 270 Å². The summed E-state index contributed by atoms with van der Waals surface area (Å²) in [6.45, 7) is 8.44. The quantitative estimate of drug-likeness (QED) is 0.159. The molecule has 45 heavy (non-hydrogen) atoms. The summed E-state index contributed by atoms with van der Waals surface area (Å²) in [7, 11) is 0. The first-order valence-electron chi connectivity index (χ1n) is 17.9. The molecule has 0 radical (unpaired) electrons. The fraction of sp³-hybridized carbons (Fsp3) is 0.650. The molecule has 0 bridgehead atoms. The minimum Gasteiger partial charge on any atom is -0.393 e. The van der Waals surface area contributed by atoms with E-state index in [0.717, 1.165) is 83.1 Å². The van der Waals surface area contributed by atoms with Crippen LogP contribution < -0.4 is 5.32 Å². The molecule has 244 valence electrons. The van der Waals surface area contributed by atoms with Gasteiger partial charge in [-0.15, -0.1) is 0 Å². The van der Waals surface area contributed by atoms with Gasteiger partial charge in [0.25, 0.3) is 0 Å². The van der Waals surface area contributed by atoms with Crippen molar-refractivity contribution in [3.05, 3.63) is 76.9 Å². The number of unbranched alkanes of at least 4 members (excludes halogenated alkanes) is 1. The molecule has 0 amide bonds. The van der Waals surface area contributed by atoms with Crippen molar-refractivity contribution in [2.75, 3.05) is 18.5 Å². The third-order valence-electron chi connectivity index (χ3n) is 12.4. The lowest BCUT2D eigenvalue weighted by molar-refractivity contribution is -0.312. The summed E-state index contributed by atoms with van der Waals surface area (Å²) in [6.07, 6.45) is 11.8. The number of hydrogen-bond donors (Lipinski definition) is 3. The van der Waals surface area contributed by atoms with Crippen molar-refractivity contribution in [1.82, 2.24) is 0 Å². The number of rotatable bonds is 8. The average molecular weight is 614 g/mol. The first-order chi connectivity index (χ1) is 21.6. The monoisotopic (exact) mass is 613 g/mol. The van der Waals surface area contributed by atoms with Gasteiger partial charge in [-0.05, 0) is 111 Å². The van der Waals surface area contributed by atoms with E-state index in [4.69, 9.17) is 9.47 Å². The Balaban J connectivity index is 1.06. The standard InChI is InChI=1S/C40H55NO4/c1-38(2)25-44-40(45-26-38)22-21-31-29(23-40)17-18-32-34-19-20-35(42)39(34,3)24-33(37(31)32)28-15-13-27(14-16-28)9-7-8-12-36(43)41-30-10-5-4-6-11-30/h4-6,10-11,13-16,29,32-36,41-43H,7-9,12,17-26H2,1-3H3. The molecular weight excluding hydrogens is 558 g/mol. The molecule has 1 aliphatic heterocycles. The number of aryl methyl sites for hydroxylation is 1. The van der Waals surface area contributed by atoms with Gasteiger partial charge >= 0.3 is 0 Å². The number of anilines is 1. The normalized spacial score (nSPS) is 34.1. The van der Waals surface area contributed by atoms with Crippen molar-refractivity contribution in [2.24, 2.45) is 28.6 Å². The molecule has 5 nitrogen and oxygen atoms in total. The molecule has 3 N–H and O–H groups in total. The van der Waals surface area contributed by atoms with Gasteiger partial charge in [0.1, 0.15) is 6.23 Å². The summed E-state index contributed by atoms with van der Waals surface area (Å²) in [5, 5.41) is 24.9. The Morgan fingerprint density at radius 1 is 0.889 bits per heavy atom. The zero-order chi connectivity index (χ0) is 31.2. The lowest BCUT2D eigenvalue weighted by Gasteiger charge is -2.55. The van der Waals surface area contributed by atoms with Crippen molar-refractivity contribution in [3.63, 3.8) is 0 Å². The van der Waals surface area contributed by atoms with Crippen LogP contribution in [0.1, 0.15) is 108 Å². The molecule has 7 atom stereocenters. The molecule has 4 fully saturated rings. The second-order valence-electron chi connectivity index (χ2n) is 16.2. The minimum absolute atomic E-state index is 0.00339. The van der Waals surface area contributed by atoms with Crippen molar-refractivity contribution >= 4 is 5.69 Å². The maximum Gasteiger partial charge on any atom is 0.169 e. The van der Waals surface area contributed by atoms with Gasteiger partial charge < -0.3 is 25.0 Å². The molecule has 7 unspecified atom stereocenters. The van der Waals surface area contributed by atoms with Crippen LogP contribution in [0.25, 0.3) is 0 Å². The summed E-state index contributed by atoms with van der Waals surface area (Å²) >= 11 is 0. The summed E-state index contributed by atoms with van der Waals surface area (Å²) in [4.78, 5) is 0. The highest BCUT2D eigenvalue weighted by molar-refractivity contribution is 5.43.